The van der Waals surface area contributed by atoms with E-state index >= 15 is 0 Å². The fraction of sp³-hybridized carbons (Fsp3) is 0.286. The third-order valence-corrected chi connectivity index (χ3v) is 6.28. The van der Waals surface area contributed by atoms with Crippen LogP contribution in [0.25, 0.3) is 20.4 Å². The van der Waals surface area contributed by atoms with E-state index < -0.39 is 0 Å². The number of hydrogen-bond acceptors (Lipinski definition) is 6. The van der Waals surface area contributed by atoms with Crippen LogP contribution in [-0.4, -0.2) is 26.9 Å². The van der Waals surface area contributed by atoms with Crippen molar-refractivity contribution < 1.29 is 4.74 Å². The largest absolute Gasteiger partial charge is 0.494 e. The maximum absolute atomic E-state index is 13.3. The molecule has 0 unspecified atom stereocenters. The Morgan fingerprint density at radius 3 is 2.75 bits per heavy atom. The van der Waals surface area contributed by atoms with Crippen molar-refractivity contribution >= 4 is 43.5 Å². The Morgan fingerprint density at radius 2 is 2.00 bits per heavy atom. The summed E-state index contributed by atoms with van der Waals surface area (Å²) in [5, 5.41) is 1.69. The van der Waals surface area contributed by atoms with Crippen LogP contribution in [0, 0.1) is 0 Å². The summed E-state index contributed by atoms with van der Waals surface area (Å²) in [6.45, 7) is 5.34. The predicted molar refractivity (Wildman–Crippen MR) is 117 cm³/mol. The van der Waals surface area contributed by atoms with E-state index in [1.807, 2.05) is 36.4 Å². The number of hydrogen-bond donors (Lipinski definition) is 0. The van der Waals surface area contributed by atoms with Crippen molar-refractivity contribution in [1.82, 2.24) is 14.5 Å². The summed E-state index contributed by atoms with van der Waals surface area (Å²) >= 11 is 3.00. The van der Waals surface area contributed by atoms with Crippen LogP contribution in [0.1, 0.15) is 25.8 Å². The SMILES string of the molecule is CCCOc1ccc(Cn2c(SCC)nc3c(sc4ncccc43)c2=O)cc1. The molecule has 0 amide bonds. The lowest BCUT2D eigenvalue weighted by molar-refractivity contribution is 0.317. The van der Waals surface area contributed by atoms with Crippen LogP contribution in [0.5, 0.6) is 5.75 Å². The minimum absolute atomic E-state index is 0.00439. The molecular weight excluding hydrogens is 390 g/mol. The quantitative estimate of drug-likeness (QED) is 0.318. The molecule has 4 rings (SSSR count). The number of pyridine rings is 1. The number of rotatable bonds is 7. The van der Waals surface area contributed by atoms with Crippen LogP contribution in [0.2, 0.25) is 0 Å². The summed E-state index contributed by atoms with van der Waals surface area (Å²) in [4.78, 5) is 23.4. The lowest BCUT2D eigenvalue weighted by Crippen LogP contribution is -2.23. The summed E-state index contributed by atoms with van der Waals surface area (Å²) in [6, 6.07) is 11.8. The second-order valence-electron chi connectivity index (χ2n) is 6.35. The van der Waals surface area contributed by atoms with Crippen molar-refractivity contribution in [1.29, 1.82) is 0 Å². The molecule has 0 aliphatic rings. The van der Waals surface area contributed by atoms with E-state index in [4.69, 9.17) is 9.72 Å². The van der Waals surface area contributed by atoms with Crippen LogP contribution >= 0.6 is 23.1 Å². The number of fused-ring (bicyclic) bond motifs is 3. The van der Waals surface area contributed by atoms with Crippen LogP contribution in [0.15, 0.2) is 52.5 Å². The van der Waals surface area contributed by atoms with E-state index in [1.165, 1.54) is 11.3 Å². The number of thiophene rings is 1. The van der Waals surface area contributed by atoms with E-state index in [-0.39, 0.29) is 5.56 Å². The molecule has 0 fully saturated rings. The first-order valence-electron chi connectivity index (χ1n) is 9.33. The van der Waals surface area contributed by atoms with Gasteiger partial charge in [-0.2, -0.15) is 0 Å². The van der Waals surface area contributed by atoms with Crippen LogP contribution < -0.4 is 10.3 Å². The Bertz CT molecular complexity index is 1170. The second-order valence-corrected chi connectivity index (χ2v) is 8.58. The number of ether oxygens (including phenoxy) is 1. The minimum atomic E-state index is -0.00439. The molecule has 144 valence electrons. The molecule has 0 aliphatic heterocycles. The zero-order valence-corrected chi connectivity index (χ0v) is 17.5. The fourth-order valence-corrected chi connectivity index (χ4v) is 4.76. The fourth-order valence-electron chi connectivity index (χ4n) is 3.01. The zero-order chi connectivity index (χ0) is 19.5. The first-order chi connectivity index (χ1) is 13.7. The molecule has 28 heavy (non-hydrogen) atoms. The first-order valence-corrected chi connectivity index (χ1v) is 11.1. The highest BCUT2D eigenvalue weighted by atomic mass is 32.2. The maximum atomic E-state index is 13.3. The lowest BCUT2D eigenvalue weighted by atomic mass is 10.2. The van der Waals surface area contributed by atoms with Crippen molar-refractivity contribution in [2.75, 3.05) is 12.4 Å². The van der Waals surface area contributed by atoms with Gasteiger partial charge in [0.25, 0.3) is 5.56 Å². The van der Waals surface area contributed by atoms with Gasteiger partial charge in [0.15, 0.2) is 5.16 Å². The molecule has 5 nitrogen and oxygen atoms in total. The molecule has 1 aromatic carbocycles. The van der Waals surface area contributed by atoms with E-state index in [2.05, 4.69) is 18.8 Å². The third-order valence-electron chi connectivity index (χ3n) is 4.33. The molecule has 0 aliphatic carbocycles. The highest BCUT2D eigenvalue weighted by Gasteiger charge is 2.16. The summed E-state index contributed by atoms with van der Waals surface area (Å²) in [5.41, 5.74) is 1.80. The first kappa shape index (κ1) is 19.0. The molecular formula is C21H21N3O2S2. The Hall–Kier alpha value is -2.38. The van der Waals surface area contributed by atoms with Gasteiger partial charge in [0, 0.05) is 11.6 Å². The van der Waals surface area contributed by atoms with Crippen molar-refractivity contribution in [2.45, 2.75) is 32.0 Å². The van der Waals surface area contributed by atoms with Gasteiger partial charge in [0.2, 0.25) is 0 Å². The molecule has 7 heteroatoms. The molecule has 0 spiro atoms. The Kier molecular flexibility index (Phi) is 5.64. The molecule has 0 atom stereocenters. The highest BCUT2D eigenvalue weighted by Crippen LogP contribution is 2.30. The van der Waals surface area contributed by atoms with E-state index in [9.17, 15) is 4.79 Å². The van der Waals surface area contributed by atoms with Gasteiger partial charge in [-0.1, -0.05) is 37.7 Å². The normalized spacial score (nSPS) is 11.4. The standard InChI is InChI=1S/C21H21N3O2S2/c1-3-12-26-15-9-7-14(8-10-15)13-24-20(25)18-17(23-21(24)27-4-2)16-6-5-11-22-19(16)28-18/h5-11H,3-4,12-13H2,1-2H3. The molecule has 4 aromatic rings. The number of aromatic nitrogens is 3. The van der Waals surface area contributed by atoms with Crippen LogP contribution in [0.3, 0.4) is 0 Å². The van der Waals surface area contributed by atoms with Gasteiger partial charge in [0.05, 0.1) is 18.7 Å². The van der Waals surface area contributed by atoms with Crippen molar-refractivity contribution in [2.24, 2.45) is 0 Å². The van der Waals surface area contributed by atoms with Crippen molar-refractivity contribution in [3.8, 4) is 5.75 Å². The third kappa shape index (κ3) is 3.64. The smallest absolute Gasteiger partial charge is 0.272 e. The molecule has 0 bridgehead atoms. The monoisotopic (exact) mass is 411 g/mol. The second kappa shape index (κ2) is 8.32. The van der Waals surface area contributed by atoms with Gasteiger partial charge in [-0.25, -0.2) is 9.97 Å². The topological polar surface area (TPSA) is 57.0 Å². The number of nitrogens with zero attached hydrogens (tertiary/aromatic N) is 3. The molecule has 3 aromatic heterocycles. The lowest BCUT2D eigenvalue weighted by Gasteiger charge is -2.12. The van der Waals surface area contributed by atoms with Crippen LogP contribution in [-0.2, 0) is 6.54 Å². The average Bonchev–Trinajstić information content (AvgIpc) is 3.09. The molecule has 0 N–H and O–H groups in total. The molecule has 0 radical (unpaired) electrons. The molecule has 0 saturated carbocycles. The Morgan fingerprint density at radius 1 is 1.18 bits per heavy atom. The number of thioether (sulfide) groups is 1. The summed E-state index contributed by atoms with van der Waals surface area (Å²) in [5.74, 6) is 1.70. The van der Waals surface area contributed by atoms with Gasteiger partial charge >= 0.3 is 0 Å². The number of benzene rings is 1. The van der Waals surface area contributed by atoms with Crippen molar-refractivity contribution in [3.05, 3.63) is 58.5 Å². The maximum Gasteiger partial charge on any atom is 0.272 e. The summed E-state index contributed by atoms with van der Waals surface area (Å²) in [6.07, 6.45) is 2.73. The molecule has 3 heterocycles. The van der Waals surface area contributed by atoms with Gasteiger partial charge in [-0.05, 0) is 42.0 Å². The van der Waals surface area contributed by atoms with Gasteiger partial charge in [0.1, 0.15) is 15.3 Å². The Labute approximate surface area is 171 Å². The van der Waals surface area contributed by atoms with E-state index in [0.29, 0.717) is 17.9 Å². The van der Waals surface area contributed by atoms with Crippen molar-refractivity contribution in [3.63, 3.8) is 0 Å². The average molecular weight is 412 g/mol. The zero-order valence-electron chi connectivity index (χ0n) is 15.8. The minimum Gasteiger partial charge on any atom is -0.494 e. The predicted octanol–water partition coefficient (Wildman–Crippen LogP) is 4.96. The highest BCUT2D eigenvalue weighted by molar-refractivity contribution is 7.99. The Balaban J connectivity index is 1.76. The summed E-state index contributed by atoms with van der Waals surface area (Å²) < 4.78 is 8.08. The van der Waals surface area contributed by atoms with E-state index in [1.54, 1.807) is 22.5 Å². The van der Waals surface area contributed by atoms with Gasteiger partial charge in [-0.3, -0.25) is 9.36 Å². The molecule has 0 saturated heterocycles. The van der Waals surface area contributed by atoms with Gasteiger partial charge < -0.3 is 4.74 Å². The van der Waals surface area contributed by atoms with Crippen LogP contribution in [0.4, 0.5) is 0 Å². The summed E-state index contributed by atoms with van der Waals surface area (Å²) in [7, 11) is 0. The van der Waals surface area contributed by atoms with E-state index in [0.717, 1.165) is 44.4 Å². The van der Waals surface area contributed by atoms with Gasteiger partial charge in [-0.15, -0.1) is 11.3 Å².